The van der Waals surface area contributed by atoms with Gasteiger partial charge in [-0.25, -0.2) is 20.0 Å². The molecule has 1 aliphatic carbocycles. The average Bonchev–Trinajstić information content (AvgIpc) is 2.80. The molecule has 0 aromatic carbocycles. The van der Waals surface area contributed by atoms with Crippen LogP contribution in [0.2, 0.25) is 0 Å². The van der Waals surface area contributed by atoms with E-state index in [9.17, 15) is 0 Å². The first-order valence-corrected chi connectivity index (χ1v) is 5.86. The molecule has 126 valence electrons. The van der Waals surface area contributed by atoms with Crippen molar-refractivity contribution in [3.8, 4) is 37.0 Å². The number of rotatable bonds is 0. The number of carbonyl (C=O) groups is 3. The third-order valence-electron chi connectivity index (χ3n) is 2.19. The van der Waals surface area contributed by atoms with E-state index in [4.69, 9.17) is 29.7 Å². The molecule has 0 aromatic heterocycles. The van der Waals surface area contributed by atoms with Crippen LogP contribution in [0.1, 0.15) is 27.2 Å². The summed E-state index contributed by atoms with van der Waals surface area (Å²) < 4.78 is 0. The third-order valence-corrected chi connectivity index (χ3v) is 2.19. The fourth-order valence-corrected chi connectivity index (χ4v) is 0.850. The second-order valence-corrected chi connectivity index (χ2v) is 3.73. The Morgan fingerprint density at radius 3 is 1.17 bits per heavy atom. The van der Waals surface area contributed by atoms with Crippen molar-refractivity contribution in [3.63, 3.8) is 0 Å². The fraction of sp³-hybridized carbons (Fsp3) is 0.235. The SMILES string of the molecule is C#CC(=O)O.C#CC(=O)O.C#CC(=O)O.CC1=[C-]CC(C)=C1C.[Ti]. The minimum absolute atomic E-state index is 0. The van der Waals surface area contributed by atoms with Crippen LogP contribution in [-0.2, 0) is 36.1 Å². The molecule has 3 N–H and O–H groups in total. The molecule has 0 fully saturated rings. The Balaban J connectivity index is -0.000000113. The van der Waals surface area contributed by atoms with Gasteiger partial charge in [-0.15, -0.1) is 32.6 Å². The quantitative estimate of drug-likeness (QED) is 0.341. The van der Waals surface area contributed by atoms with Crippen LogP contribution in [0, 0.1) is 43.1 Å². The van der Waals surface area contributed by atoms with Crippen molar-refractivity contribution in [2.45, 2.75) is 27.2 Å². The van der Waals surface area contributed by atoms with E-state index in [0.717, 1.165) is 6.42 Å². The molecule has 0 atom stereocenters. The molecule has 0 bridgehead atoms. The van der Waals surface area contributed by atoms with Crippen molar-refractivity contribution in [2.24, 2.45) is 0 Å². The van der Waals surface area contributed by atoms with Crippen LogP contribution in [0.3, 0.4) is 0 Å². The normalized spacial score (nSPS) is 9.92. The molecule has 0 unspecified atom stereocenters. The Morgan fingerprint density at radius 1 is 0.875 bits per heavy atom. The second-order valence-electron chi connectivity index (χ2n) is 3.73. The van der Waals surface area contributed by atoms with Crippen molar-refractivity contribution in [3.05, 3.63) is 22.8 Å². The van der Waals surface area contributed by atoms with Crippen molar-refractivity contribution in [2.75, 3.05) is 0 Å². The van der Waals surface area contributed by atoms with Gasteiger partial charge in [0.2, 0.25) is 0 Å². The summed E-state index contributed by atoms with van der Waals surface area (Å²) in [7, 11) is 0. The first-order valence-electron chi connectivity index (χ1n) is 5.86. The summed E-state index contributed by atoms with van der Waals surface area (Å²) in [5.41, 5.74) is 4.25. The molecule has 0 heterocycles. The van der Waals surface area contributed by atoms with E-state index in [1.165, 1.54) is 34.5 Å². The summed E-state index contributed by atoms with van der Waals surface area (Å²) in [5, 5.41) is 22.5. The van der Waals surface area contributed by atoms with Crippen LogP contribution in [0.5, 0.6) is 0 Å². The van der Waals surface area contributed by atoms with Crippen molar-refractivity contribution in [1.29, 1.82) is 0 Å². The number of carboxylic acid groups (broad SMARTS) is 3. The van der Waals surface area contributed by atoms with Crippen LogP contribution in [-0.4, -0.2) is 33.2 Å². The van der Waals surface area contributed by atoms with Crippen LogP contribution in [0.25, 0.3) is 0 Å². The van der Waals surface area contributed by atoms with Crippen LogP contribution < -0.4 is 0 Å². The molecule has 6 nitrogen and oxygen atoms in total. The van der Waals surface area contributed by atoms with E-state index in [0.29, 0.717) is 0 Å². The van der Waals surface area contributed by atoms with Gasteiger partial charge in [-0.3, -0.25) is 6.08 Å². The van der Waals surface area contributed by atoms with Gasteiger partial charge < -0.3 is 15.3 Å². The van der Waals surface area contributed by atoms with Gasteiger partial charge in [0.25, 0.3) is 0 Å². The summed E-state index contributed by atoms with van der Waals surface area (Å²) in [6.07, 6.45) is 17.3. The van der Waals surface area contributed by atoms with Gasteiger partial charge in [0.05, 0.1) is 0 Å². The summed E-state index contributed by atoms with van der Waals surface area (Å²) in [6.45, 7) is 6.44. The maximum Gasteiger partial charge on any atom is 0.381 e. The van der Waals surface area contributed by atoms with Crippen molar-refractivity contribution >= 4 is 17.9 Å². The molecular formula is C17H17O6Ti-. The monoisotopic (exact) mass is 365 g/mol. The van der Waals surface area contributed by atoms with Gasteiger partial charge >= 0.3 is 17.9 Å². The summed E-state index contributed by atoms with van der Waals surface area (Å²) in [5.74, 6) is 0.681. The van der Waals surface area contributed by atoms with E-state index in [-0.39, 0.29) is 21.7 Å². The summed E-state index contributed by atoms with van der Waals surface area (Å²) in [6, 6.07) is 0. The maximum atomic E-state index is 9.13. The minimum atomic E-state index is -1.22. The largest absolute Gasteiger partial charge is 0.472 e. The summed E-state index contributed by atoms with van der Waals surface area (Å²) >= 11 is 0. The Labute approximate surface area is 156 Å². The molecule has 0 saturated carbocycles. The minimum Gasteiger partial charge on any atom is -0.472 e. The van der Waals surface area contributed by atoms with E-state index in [1.54, 1.807) is 0 Å². The van der Waals surface area contributed by atoms with Gasteiger partial charge in [0.1, 0.15) is 0 Å². The number of hydrogen-bond acceptors (Lipinski definition) is 3. The number of allylic oxidation sites excluding steroid dienone is 4. The smallest absolute Gasteiger partial charge is 0.381 e. The predicted octanol–water partition coefficient (Wildman–Crippen LogP) is 1.59. The van der Waals surface area contributed by atoms with Gasteiger partial charge in [-0.05, 0) is 0 Å². The van der Waals surface area contributed by atoms with Crippen molar-refractivity contribution < 1.29 is 51.4 Å². The molecule has 24 heavy (non-hydrogen) atoms. The number of terminal acetylenes is 3. The van der Waals surface area contributed by atoms with E-state index in [2.05, 4.69) is 46.1 Å². The molecule has 7 heteroatoms. The molecule has 0 amide bonds. The zero-order valence-electron chi connectivity index (χ0n) is 13.5. The third kappa shape index (κ3) is 24.3. The zero-order valence-corrected chi connectivity index (χ0v) is 15.1. The first-order chi connectivity index (χ1) is 10.5. The molecule has 0 radical (unpaired) electrons. The number of aliphatic carboxylic acids is 3. The molecule has 0 saturated heterocycles. The molecule has 0 spiro atoms. The topological polar surface area (TPSA) is 112 Å². The summed E-state index contributed by atoms with van der Waals surface area (Å²) in [4.78, 5) is 27.4. The van der Waals surface area contributed by atoms with Gasteiger partial charge in [-0.1, -0.05) is 13.8 Å². The first kappa shape index (κ1) is 29.3. The zero-order chi connectivity index (χ0) is 19.0. The van der Waals surface area contributed by atoms with E-state index < -0.39 is 17.9 Å². The molecule has 1 aliphatic rings. The Morgan fingerprint density at radius 2 is 1.12 bits per heavy atom. The maximum absolute atomic E-state index is 9.13. The molecule has 0 aromatic rings. The van der Waals surface area contributed by atoms with Gasteiger partial charge in [0.15, 0.2) is 0 Å². The Bertz CT molecular complexity index is 558. The second kappa shape index (κ2) is 18.3. The van der Waals surface area contributed by atoms with Crippen LogP contribution >= 0.6 is 0 Å². The Hall–Kier alpha value is -2.72. The van der Waals surface area contributed by atoms with Crippen LogP contribution in [0.4, 0.5) is 0 Å². The van der Waals surface area contributed by atoms with Crippen LogP contribution in [0.15, 0.2) is 16.7 Å². The number of carboxylic acids is 3. The Kier molecular flexibility index (Phi) is 22.4. The molecule has 1 rings (SSSR count). The van der Waals surface area contributed by atoms with E-state index in [1.807, 2.05) is 0 Å². The fourth-order valence-electron chi connectivity index (χ4n) is 0.850. The average molecular weight is 365 g/mol. The van der Waals surface area contributed by atoms with Crippen molar-refractivity contribution in [1.82, 2.24) is 0 Å². The van der Waals surface area contributed by atoms with Gasteiger partial charge in [0, 0.05) is 39.5 Å². The van der Waals surface area contributed by atoms with Gasteiger partial charge in [-0.2, -0.15) is 11.1 Å². The predicted molar refractivity (Wildman–Crippen MR) is 84.8 cm³/mol. The van der Waals surface area contributed by atoms with E-state index >= 15 is 0 Å². The molecule has 0 aliphatic heterocycles. The molecular weight excluding hydrogens is 348 g/mol. The standard InChI is InChI=1S/C8H11.3C3H2O2.Ti/c1-6-4-5-7(2)8(6)3;3*1-2-3(4)5;/h4H2,1-3H3;3*1H,(H,4,5);/q-1;;;;. The number of hydrogen-bond donors (Lipinski definition) is 3.